The van der Waals surface area contributed by atoms with Crippen LogP contribution < -0.4 is 10.6 Å². The number of ether oxygens (including phenoxy) is 2. The van der Waals surface area contributed by atoms with Crippen LogP contribution in [0.15, 0.2) is 4.99 Å². The summed E-state index contributed by atoms with van der Waals surface area (Å²) in [6.45, 7) is 16.0. The summed E-state index contributed by atoms with van der Waals surface area (Å²) in [6.07, 6.45) is 3.79. The Balaban J connectivity index is 0.00000729. The van der Waals surface area contributed by atoms with Gasteiger partial charge in [0, 0.05) is 38.8 Å². The van der Waals surface area contributed by atoms with Crippen LogP contribution in [0.2, 0.25) is 0 Å². The van der Waals surface area contributed by atoms with Crippen LogP contribution >= 0.6 is 24.0 Å². The highest BCUT2D eigenvalue weighted by Gasteiger charge is 2.35. The van der Waals surface area contributed by atoms with Gasteiger partial charge in [-0.2, -0.15) is 0 Å². The third kappa shape index (κ3) is 11.2. The third-order valence-electron chi connectivity index (χ3n) is 4.93. The number of nitrogens with zero attached hydrogens (tertiary/aromatic N) is 2. The van der Waals surface area contributed by atoms with Crippen LogP contribution in [0, 0.1) is 11.3 Å². The SMILES string of the molecule is CCNC(=NCC(CCN(C)C)OCC)NCC1CCCOC1C(C)(C)C.I. The van der Waals surface area contributed by atoms with Gasteiger partial charge in [-0.05, 0) is 52.6 Å². The molecule has 168 valence electrons. The minimum Gasteiger partial charge on any atom is -0.377 e. The lowest BCUT2D eigenvalue weighted by atomic mass is 9.78. The molecule has 0 spiro atoms. The summed E-state index contributed by atoms with van der Waals surface area (Å²) in [5, 5.41) is 6.92. The zero-order valence-electron chi connectivity index (χ0n) is 19.2. The maximum atomic E-state index is 6.11. The van der Waals surface area contributed by atoms with E-state index < -0.39 is 0 Å². The first-order valence-corrected chi connectivity index (χ1v) is 10.7. The molecular weight excluding hydrogens is 467 g/mol. The lowest BCUT2D eigenvalue weighted by Crippen LogP contribution is -2.47. The zero-order valence-corrected chi connectivity index (χ0v) is 21.5. The Labute approximate surface area is 190 Å². The van der Waals surface area contributed by atoms with Gasteiger partial charge in [0.15, 0.2) is 5.96 Å². The van der Waals surface area contributed by atoms with E-state index in [-0.39, 0.29) is 41.6 Å². The lowest BCUT2D eigenvalue weighted by Gasteiger charge is -2.40. The first-order chi connectivity index (χ1) is 12.8. The number of nitrogens with one attached hydrogen (secondary N) is 2. The first kappa shape index (κ1) is 27.9. The fourth-order valence-electron chi connectivity index (χ4n) is 3.64. The molecule has 0 aliphatic carbocycles. The van der Waals surface area contributed by atoms with E-state index in [2.05, 4.69) is 57.3 Å². The molecule has 0 bridgehead atoms. The van der Waals surface area contributed by atoms with Crippen molar-refractivity contribution in [3.05, 3.63) is 0 Å². The summed E-state index contributed by atoms with van der Waals surface area (Å²) in [6, 6.07) is 0. The van der Waals surface area contributed by atoms with E-state index in [0.29, 0.717) is 12.5 Å². The standard InChI is InChI=1S/C21H44N4O2.HI/c1-8-22-20(24-16-18(26-9-2)12-13-25(6)7)23-15-17-11-10-14-27-19(17)21(3,4)5;/h17-19H,8-16H2,1-7H3,(H2,22,23,24);1H. The van der Waals surface area contributed by atoms with Crippen LogP contribution in [0.5, 0.6) is 0 Å². The van der Waals surface area contributed by atoms with Crippen molar-refractivity contribution >= 4 is 29.9 Å². The van der Waals surface area contributed by atoms with Gasteiger partial charge >= 0.3 is 0 Å². The first-order valence-electron chi connectivity index (χ1n) is 10.7. The second kappa shape index (κ2) is 14.8. The van der Waals surface area contributed by atoms with Crippen molar-refractivity contribution in [3.8, 4) is 0 Å². The van der Waals surface area contributed by atoms with E-state index in [1.807, 2.05) is 6.92 Å². The third-order valence-corrected chi connectivity index (χ3v) is 4.93. The molecule has 0 aromatic carbocycles. The number of aliphatic imine (C=N–C) groups is 1. The van der Waals surface area contributed by atoms with Crippen LogP contribution in [0.4, 0.5) is 0 Å². The van der Waals surface area contributed by atoms with E-state index in [1.54, 1.807) is 0 Å². The summed E-state index contributed by atoms with van der Waals surface area (Å²) in [5.74, 6) is 1.39. The molecule has 3 atom stereocenters. The molecule has 2 N–H and O–H groups in total. The molecule has 6 nitrogen and oxygen atoms in total. The molecule has 0 amide bonds. The van der Waals surface area contributed by atoms with Crippen molar-refractivity contribution in [1.29, 1.82) is 0 Å². The Morgan fingerprint density at radius 2 is 1.96 bits per heavy atom. The Morgan fingerprint density at radius 1 is 1.25 bits per heavy atom. The van der Waals surface area contributed by atoms with Gasteiger partial charge in [0.1, 0.15) is 0 Å². The summed E-state index contributed by atoms with van der Waals surface area (Å²) < 4.78 is 12.0. The maximum absolute atomic E-state index is 6.11. The smallest absolute Gasteiger partial charge is 0.191 e. The monoisotopic (exact) mass is 512 g/mol. The molecule has 1 fully saturated rings. The van der Waals surface area contributed by atoms with Crippen LogP contribution in [0.1, 0.15) is 53.9 Å². The zero-order chi connectivity index (χ0) is 20.3. The van der Waals surface area contributed by atoms with E-state index in [9.17, 15) is 0 Å². The fraction of sp³-hybridized carbons (Fsp3) is 0.952. The van der Waals surface area contributed by atoms with Crippen LogP contribution in [0.25, 0.3) is 0 Å². The summed E-state index contributed by atoms with van der Waals surface area (Å²) >= 11 is 0. The molecule has 1 aliphatic heterocycles. The van der Waals surface area contributed by atoms with Gasteiger partial charge in [-0.3, -0.25) is 4.99 Å². The summed E-state index contributed by atoms with van der Waals surface area (Å²) in [7, 11) is 4.19. The minimum atomic E-state index is 0. The number of hydrogen-bond acceptors (Lipinski definition) is 4. The Morgan fingerprint density at radius 3 is 2.54 bits per heavy atom. The quantitative estimate of drug-likeness (QED) is 0.267. The molecule has 0 saturated carbocycles. The lowest BCUT2D eigenvalue weighted by molar-refractivity contribution is -0.0835. The molecule has 0 aromatic heterocycles. The van der Waals surface area contributed by atoms with E-state index >= 15 is 0 Å². The summed E-state index contributed by atoms with van der Waals surface area (Å²) in [5.41, 5.74) is 0.161. The second-order valence-corrected chi connectivity index (χ2v) is 8.83. The average molecular weight is 513 g/mol. The van der Waals surface area contributed by atoms with E-state index in [1.165, 1.54) is 6.42 Å². The van der Waals surface area contributed by atoms with Crippen molar-refractivity contribution in [2.24, 2.45) is 16.3 Å². The number of rotatable bonds is 10. The Hall–Kier alpha value is -0.120. The molecule has 3 unspecified atom stereocenters. The normalized spacial score (nSPS) is 21.9. The van der Waals surface area contributed by atoms with Crippen molar-refractivity contribution in [1.82, 2.24) is 15.5 Å². The average Bonchev–Trinajstić information content (AvgIpc) is 2.61. The molecule has 7 heteroatoms. The molecule has 0 radical (unpaired) electrons. The molecule has 1 aliphatic rings. The number of guanidine groups is 1. The number of hydrogen-bond donors (Lipinski definition) is 2. The van der Waals surface area contributed by atoms with E-state index in [4.69, 9.17) is 14.5 Å². The topological polar surface area (TPSA) is 58.1 Å². The van der Waals surface area contributed by atoms with Crippen LogP contribution in [-0.4, -0.2) is 76.6 Å². The highest BCUT2D eigenvalue weighted by atomic mass is 127. The predicted molar refractivity (Wildman–Crippen MR) is 130 cm³/mol. The van der Waals surface area contributed by atoms with Gasteiger partial charge in [0.25, 0.3) is 0 Å². The Kier molecular flexibility index (Phi) is 14.7. The molecule has 1 saturated heterocycles. The van der Waals surface area contributed by atoms with Gasteiger partial charge in [0.05, 0.1) is 18.8 Å². The van der Waals surface area contributed by atoms with Gasteiger partial charge in [0.2, 0.25) is 0 Å². The largest absolute Gasteiger partial charge is 0.377 e. The molecular formula is C21H45IN4O2. The fourth-order valence-corrected chi connectivity index (χ4v) is 3.64. The molecule has 1 rings (SSSR count). The predicted octanol–water partition coefficient (Wildman–Crippen LogP) is 3.36. The van der Waals surface area contributed by atoms with Crippen molar-refractivity contribution in [2.45, 2.75) is 66.1 Å². The Bertz CT molecular complexity index is 427. The highest BCUT2D eigenvalue weighted by molar-refractivity contribution is 14.0. The van der Waals surface area contributed by atoms with Crippen LogP contribution in [0.3, 0.4) is 0 Å². The van der Waals surface area contributed by atoms with Crippen molar-refractivity contribution in [2.75, 3.05) is 53.5 Å². The van der Waals surface area contributed by atoms with Gasteiger partial charge in [-0.1, -0.05) is 20.8 Å². The molecule has 0 aromatic rings. The van der Waals surface area contributed by atoms with Gasteiger partial charge in [-0.25, -0.2) is 0 Å². The highest BCUT2D eigenvalue weighted by Crippen LogP contribution is 2.33. The van der Waals surface area contributed by atoms with Crippen molar-refractivity contribution in [3.63, 3.8) is 0 Å². The second-order valence-electron chi connectivity index (χ2n) is 8.83. The molecule has 1 heterocycles. The van der Waals surface area contributed by atoms with Gasteiger partial charge < -0.3 is 25.0 Å². The molecule has 28 heavy (non-hydrogen) atoms. The van der Waals surface area contributed by atoms with Crippen LogP contribution in [-0.2, 0) is 9.47 Å². The maximum Gasteiger partial charge on any atom is 0.191 e. The van der Waals surface area contributed by atoms with Gasteiger partial charge in [-0.15, -0.1) is 24.0 Å². The van der Waals surface area contributed by atoms with Crippen molar-refractivity contribution < 1.29 is 9.47 Å². The summed E-state index contributed by atoms with van der Waals surface area (Å²) in [4.78, 5) is 6.98. The number of halogens is 1. The minimum absolute atomic E-state index is 0. The van der Waals surface area contributed by atoms with E-state index in [0.717, 1.165) is 51.6 Å².